The highest BCUT2D eigenvalue weighted by atomic mass is 16.3. The van der Waals surface area contributed by atoms with Crippen LogP contribution < -0.4 is 5.73 Å². The lowest BCUT2D eigenvalue weighted by Gasteiger charge is -2.28. The van der Waals surface area contributed by atoms with Gasteiger partial charge in [-0.1, -0.05) is 0 Å². The van der Waals surface area contributed by atoms with Crippen molar-refractivity contribution in [2.75, 3.05) is 0 Å². The zero-order chi connectivity index (χ0) is 6.15. The second-order valence-corrected chi connectivity index (χ2v) is 2.22. The molecule has 0 spiro atoms. The predicted octanol–water partition coefficient (Wildman–Crippen LogP) is -0.757. The van der Waals surface area contributed by atoms with E-state index in [2.05, 4.69) is 0 Å². The molecule has 0 saturated heterocycles. The van der Waals surface area contributed by atoms with E-state index in [9.17, 15) is 4.79 Å². The number of hydrogen-bond acceptors (Lipinski definition) is 2. The first kappa shape index (κ1) is 5.56. The molecule has 0 unspecified atom stereocenters. The summed E-state index contributed by atoms with van der Waals surface area (Å²) in [6, 6.07) is 0. The Morgan fingerprint density at radius 3 is 2.25 bits per heavy atom. The van der Waals surface area contributed by atoms with Gasteiger partial charge < -0.3 is 10.8 Å². The number of carbonyl (C=O) groups excluding carboxylic acids is 1. The monoisotopic (exact) mass is 115 g/mol. The van der Waals surface area contributed by atoms with Gasteiger partial charge in [0.1, 0.15) is 0 Å². The lowest BCUT2D eigenvalue weighted by atomic mass is 9.82. The molecule has 3 heteroatoms. The molecular formula is C5H9NO2. The molecule has 0 aromatic carbocycles. The number of hydrogen-bond donors (Lipinski definition) is 2. The lowest BCUT2D eigenvalue weighted by molar-refractivity contribution is -0.128. The standard InChI is InChI=1S/C5H9NO2/c6-5(8)3-1-4(7)2-3/h3-4,7H,1-2H2,(H2,6,8). The predicted molar refractivity (Wildman–Crippen MR) is 27.9 cm³/mol. The van der Waals surface area contributed by atoms with Crippen LogP contribution >= 0.6 is 0 Å². The van der Waals surface area contributed by atoms with Crippen LogP contribution in [0, 0.1) is 5.92 Å². The van der Waals surface area contributed by atoms with Gasteiger partial charge in [0.2, 0.25) is 5.91 Å². The van der Waals surface area contributed by atoms with Crippen LogP contribution in [-0.4, -0.2) is 17.1 Å². The molecule has 0 radical (unpaired) electrons. The lowest BCUT2D eigenvalue weighted by Crippen LogP contribution is -2.37. The Morgan fingerprint density at radius 2 is 2.12 bits per heavy atom. The minimum atomic E-state index is -0.282. The number of nitrogens with two attached hydrogens (primary N) is 1. The zero-order valence-corrected chi connectivity index (χ0v) is 4.50. The molecule has 8 heavy (non-hydrogen) atoms. The highest BCUT2D eigenvalue weighted by Gasteiger charge is 2.31. The Balaban J connectivity index is 2.25. The van der Waals surface area contributed by atoms with E-state index in [1.54, 1.807) is 0 Å². The molecule has 0 atom stereocenters. The maximum absolute atomic E-state index is 10.2. The minimum Gasteiger partial charge on any atom is -0.393 e. The third-order valence-corrected chi connectivity index (χ3v) is 1.52. The highest BCUT2D eigenvalue weighted by Crippen LogP contribution is 2.25. The molecule has 0 aromatic heterocycles. The number of primary amides is 1. The molecule has 1 rings (SSSR count). The van der Waals surface area contributed by atoms with Gasteiger partial charge in [-0.05, 0) is 12.8 Å². The SMILES string of the molecule is NC(=O)C1CC(O)C1. The largest absolute Gasteiger partial charge is 0.393 e. The smallest absolute Gasteiger partial charge is 0.220 e. The van der Waals surface area contributed by atoms with Crippen molar-refractivity contribution >= 4 is 5.91 Å². The van der Waals surface area contributed by atoms with E-state index in [1.807, 2.05) is 0 Å². The maximum atomic E-state index is 10.2. The van der Waals surface area contributed by atoms with Gasteiger partial charge in [-0.25, -0.2) is 0 Å². The van der Waals surface area contributed by atoms with Crippen molar-refractivity contribution in [1.29, 1.82) is 0 Å². The molecule has 1 amide bonds. The Labute approximate surface area is 47.5 Å². The fourth-order valence-electron chi connectivity index (χ4n) is 0.820. The molecule has 1 fully saturated rings. The van der Waals surface area contributed by atoms with Crippen LogP contribution in [0.15, 0.2) is 0 Å². The summed E-state index contributed by atoms with van der Waals surface area (Å²) < 4.78 is 0. The number of carbonyl (C=O) groups is 1. The van der Waals surface area contributed by atoms with E-state index in [4.69, 9.17) is 10.8 Å². The number of amides is 1. The second-order valence-electron chi connectivity index (χ2n) is 2.22. The van der Waals surface area contributed by atoms with Crippen LogP contribution in [0.3, 0.4) is 0 Å². The van der Waals surface area contributed by atoms with Crippen molar-refractivity contribution in [1.82, 2.24) is 0 Å². The van der Waals surface area contributed by atoms with Gasteiger partial charge >= 0.3 is 0 Å². The Morgan fingerprint density at radius 1 is 1.62 bits per heavy atom. The Kier molecular flexibility index (Phi) is 1.21. The highest BCUT2D eigenvalue weighted by molar-refractivity contribution is 5.77. The molecule has 0 aromatic rings. The van der Waals surface area contributed by atoms with Crippen molar-refractivity contribution in [2.45, 2.75) is 18.9 Å². The molecule has 1 aliphatic carbocycles. The first-order chi connectivity index (χ1) is 3.70. The van der Waals surface area contributed by atoms with Crippen molar-refractivity contribution in [2.24, 2.45) is 11.7 Å². The number of aliphatic hydroxyl groups is 1. The average molecular weight is 115 g/mol. The van der Waals surface area contributed by atoms with Gasteiger partial charge in [0.05, 0.1) is 6.10 Å². The van der Waals surface area contributed by atoms with Crippen molar-refractivity contribution in [3.05, 3.63) is 0 Å². The molecule has 3 N–H and O–H groups in total. The molecule has 1 saturated carbocycles. The summed E-state index contributed by atoms with van der Waals surface area (Å²) in [5.74, 6) is -0.333. The van der Waals surface area contributed by atoms with E-state index < -0.39 is 0 Å². The third kappa shape index (κ3) is 0.816. The minimum absolute atomic E-state index is 0.0509. The number of aliphatic hydroxyl groups excluding tert-OH is 1. The number of rotatable bonds is 1. The van der Waals surface area contributed by atoms with Crippen LogP contribution in [0.5, 0.6) is 0 Å². The third-order valence-electron chi connectivity index (χ3n) is 1.52. The maximum Gasteiger partial charge on any atom is 0.220 e. The summed E-state index contributed by atoms with van der Waals surface area (Å²) in [5.41, 5.74) is 4.91. The second kappa shape index (κ2) is 1.74. The van der Waals surface area contributed by atoms with Gasteiger partial charge in [0, 0.05) is 5.92 Å². The molecular weight excluding hydrogens is 106 g/mol. The molecule has 3 nitrogen and oxygen atoms in total. The van der Waals surface area contributed by atoms with Gasteiger partial charge in [0.15, 0.2) is 0 Å². The molecule has 1 aliphatic rings. The first-order valence-corrected chi connectivity index (χ1v) is 2.67. The van der Waals surface area contributed by atoms with E-state index >= 15 is 0 Å². The van der Waals surface area contributed by atoms with Crippen molar-refractivity contribution in [3.63, 3.8) is 0 Å². The Hall–Kier alpha value is -0.570. The summed E-state index contributed by atoms with van der Waals surface area (Å²) in [4.78, 5) is 10.2. The summed E-state index contributed by atoms with van der Waals surface area (Å²) in [7, 11) is 0. The topological polar surface area (TPSA) is 63.3 Å². The summed E-state index contributed by atoms with van der Waals surface area (Å²) in [6.07, 6.45) is 0.859. The van der Waals surface area contributed by atoms with E-state index in [0.29, 0.717) is 12.8 Å². The van der Waals surface area contributed by atoms with Gasteiger partial charge in [-0.3, -0.25) is 4.79 Å². The average Bonchev–Trinajstić information content (AvgIpc) is 1.57. The van der Waals surface area contributed by atoms with Crippen LogP contribution in [0.25, 0.3) is 0 Å². The van der Waals surface area contributed by atoms with Crippen molar-refractivity contribution in [3.8, 4) is 0 Å². The van der Waals surface area contributed by atoms with Crippen molar-refractivity contribution < 1.29 is 9.90 Å². The van der Waals surface area contributed by atoms with E-state index in [-0.39, 0.29) is 17.9 Å². The van der Waals surface area contributed by atoms with E-state index in [1.165, 1.54) is 0 Å². The fraction of sp³-hybridized carbons (Fsp3) is 0.800. The van der Waals surface area contributed by atoms with Crippen LogP contribution in [0.1, 0.15) is 12.8 Å². The van der Waals surface area contributed by atoms with Gasteiger partial charge in [-0.15, -0.1) is 0 Å². The first-order valence-electron chi connectivity index (χ1n) is 2.67. The molecule has 0 bridgehead atoms. The molecule has 0 heterocycles. The molecule has 0 aliphatic heterocycles. The van der Waals surface area contributed by atoms with Gasteiger partial charge in [-0.2, -0.15) is 0 Å². The summed E-state index contributed by atoms with van der Waals surface area (Å²) in [5, 5.41) is 8.66. The van der Waals surface area contributed by atoms with Crippen LogP contribution in [0.4, 0.5) is 0 Å². The Bertz CT molecular complexity index is 107. The summed E-state index contributed by atoms with van der Waals surface area (Å²) >= 11 is 0. The van der Waals surface area contributed by atoms with Gasteiger partial charge in [0.25, 0.3) is 0 Å². The fourth-order valence-corrected chi connectivity index (χ4v) is 0.820. The van der Waals surface area contributed by atoms with E-state index in [0.717, 1.165) is 0 Å². The zero-order valence-electron chi connectivity index (χ0n) is 4.50. The molecule has 46 valence electrons. The van der Waals surface area contributed by atoms with Crippen LogP contribution in [-0.2, 0) is 4.79 Å². The van der Waals surface area contributed by atoms with Crippen LogP contribution in [0.2, 0.25) is 0 Å². The quantitative estimate of drug-likeness (QED) is 0.472. The summed E-state index contributed by atoms with van der Waals surface area (Å²) in [6.45, 7) is 0. The normalized spacial score (nSPS) is 36.1.